The standard InChI is InChI=1S/C13H19N5/c14-11-10(17-18-12(15)16-11)13-4-7-1-8(5-13)3-9(2-7)6-13/h7-9H,1-6H2,(H4,14,15,16,18). The summed E-state index contributed by atoms with van der Waals surface area (Å²) in [5.41, 5.74) is 12.7. The van der Waals surface area contributed by atoms with Gasteiger partial charge in [-0.1, -0.05) is 0 Å². The Balaban J connectivity index is 1.79. The lowest BCUT2D eigenvalue weighted by Crippen LogP contribution is -2.49. The Kier molecular flexibility index (Phi) is 1.95. The van der Waals surface area contributed by atoms with Crippen LogP contribution in [0.4, 0.5) is 11.8 Å². The number of aromatic nitrogens is 3. The molecule has 96 valence electrons. The van der Waals surface area contributed by atoms with Gasteiger partial charge in [-0.25, -0.2) is 0 Å². The Morgan fingerprint density at radius 3 is 1.94 bits per heavy atom. The Morgan fingerprint density at radius 2 is 1.44 bits per heavy atom. The average Bonchev–Trinajstić information content (AvgIpc) is 2.26. The van der Waals surface area contributed by atoms with E-state index >= 15 is 0 Å². The van der Waals surface area contributed by atoms with Crippen LogP contribution in [0.5, 0.6) is 0 Å². The summed E-state index contributed by atoms with van der Waals surface area (Å²) in [5, 5.41) is 8.24. The van der Waals surface area contributed by atoms with Gasteiger partial charge in [0.2, 0.25) is 5.95 Å². The Labute approximate surface area is 106 Å². The number of nitrogens with zero attached hydrogens (tertiary/aromatic N) is 3. The predicted octanol–water partition coefficient (Wildman–Crippen LogP) is 1.50. The molecule has 4 bridgehead atoms. The van der Waals surface area contributed by atoms with Gasteiger partial charge in [-0.3, -0.25) is 0 Å². The fraction of sp³-hybridized carbons (Fsp3) is 0.769. The van der Waals surface area contributed by atoms with E-state index in [1.54, 1.807) is 0 Å². The van der Waals surface area contributed by atoms with E-state index in [1.165, 1.54) is 38.5 Å². The van der Waals surface area contributed by atoms with Crippen molar-refractivity contribution in [3.8, 4) is 0 Å². The van der Waals surface area contributed by atoms with Crippen molar-refractivity contribution >= 4 is 11.8 Å². The summed E-state index contributed by atoms with van der Waals surface area (Å²) in [6.45, 7) is 0. The fourth-order valence-corrected chi connectivity index (χ4v) is 5.13. The molecule has 1 aromatic heterocycles. The van der Waals surface area contributed by atoms with Crippen molar-refractivity contribution in [3.63, 3.8) is 0 Å². The number of nitrogens with two attached hydrogens (primary N) is 2. The highest BCUT2D eigenvalue weighted by atomic mass is 15.2. The fourth-order valence-electron chi connectivity index (χ4n) is 5.13. The van der Waals surface area contributed by atoms with Crippen LogP contribution in [0.1, 0.15) is 44.2 Å². The summed E-state index contributed by atoms with van der Waals surface area (Å²) in [6, 6.07) is 0. The summed E-state index contributed by atoms with van der Waals surface area (Å²) >= 11 is 0. The van der Waals surface area contributed by atoms with Crippen molar-refractivity contribution < 1.29 is 0 Å². The second-order valence-corrected chi connectivity index (χ2v) is 6.60. The van der Waals surface area contributed by atoms with E-state index in [4.69, 9.17) is 11.5 Å². The van der Waals surface area contributed by atoms with E-state index in [0.717, 1.165) is 23.4 Å². The molecular weight excluding hydrogens is 226 g/mol. The molecule has 5 nitrogen and oxygen atoms in total. The van der Waals surface area contributed by atoms with Crippen LogP contribution >= 0.6 is 0 Å². The molecule has 0 saturated heterocycles. The summed E-state index contributed by atoms with van der Waals surface area (Å²) in [7, 11) is 0. The summed E-state index contributed by atoms with van der Waals surface area (Å²) in [5.74, 6) is 3.30. The molecular formula is C13H19N5. The Hall–Kier alpha value is -1.39. The van der Waals surface area contributed by atoms with Crippen LogP contribution < -0.4 is 11.5 Å². The van der Waals surface area contributed by atoms with E-state index < -0.39 is 0 Å². The first-order valence-electron chi connectivity index (χ1n) is 6.91. The van der Waals surface area contributed by atoms with Gasteiger partial charge in [0.1, 0.15) is 5.69 Å². The minimum Gasteiger partial charge on any atom is -0.382 e. The second kappa shape index (κ2) is 3.33. The van der Waals surface area contributed by atoms with Gasteiger partial charge >= 0.3 is 0 Å². The molecule has 0 amide bonds. The molecule has 0 spiro atoms. The quantitative estimate of drug-likeness (QED) is 0.782. The normalized spacial score (nSPS) is 41.2. The minimum atomic E-state index is 0.159. The lowest BCUT2D eigenvalue weighted by Gasteiger charge is -2.56. The van der Waals surface area contributed by atoms with Crippen molar-refractivity contribution in [1.29, 1.82) is 0 Å². The van der Waals surface area contributed by atoms with Gasteiger partial charge in [-0.05, 0) is 56.3 Å². The van der Waals surface area contributed by atoms with Gasteiger partial charge < -0.3 is 11.5 Å². The molecule has 4 aliphatic rings. The van der Waals surface area contributed by atoms with E-state index in [-0.39, 0.29) is 11.4 Å². The molecule has 18 heavy (non-hydrogen) atoms. The molecule has 0 unspecified atom stereocenters. The van der Waals surface area contributed by atoms with E-state index in [2.05, 4.69) is 15.2 Å². The number of anilines is 2. The molecule has 4 N–H and O–H groups in total. The van der Waals surface area contributed by atoms with Gasteiger partial charge in [0.15, 0.2) is 5.82 Å². The predicted molar refractivity (Wildman–Crippen MR) is 68.5 cm³/mol. The average molecular weight is 245 g/mol. The van der Waals surface area contributed by atoms with Crippen molar-refractivity contribution in [1.82, 2.24) is 15.2 Å². The maximum atomic E-state index is 6.05. The molecule has 0 radical (unpaired) electrons. The lowest BCUT2D eigenvalue weighted by atomic mass is 9.49. The molecule has 4 saturated carbocycles. The topological polar surface area (TPSA) is 90.7 Å². The minimum absolute atomic E-state index is 0.159. The highest BCUT2D eigenvalue weighted by Crippen LogP contribution is 2.60. The summed E-state index contributed by atoms with van der Waals surface area (Å²) in [4.78, 5) is 4.11. The molecule has 5 rings (SSSR count). The molecule has 0 aromatic carbocycles. The largest absolute Gasteiger partial charge is 0.382 e. The molecule has 4 fully saturated rings. The van der Waals surface area contributed by atoms with Crippen LogP contribution in [0.25, 0.3) is 0 Å². The van der Waals surface area contributed by atoms with Crippen LogP contribution in [0.2, 0.25) is 0 Å². The number of hydrogen-bond donors (Lipinski definition) is 2. The van der Waals surface area contributed by atoms with Gasteiger partial charge in [0.25, 0.3) is 0 Å². The SMILES string of the molecule is Nc1nnc(C23CC4CC(CC(C4)C2)C3)c(N)n1. The third kappa shape index (κ3) is 1.36. The number of nitrogen functional groups attached to an aromatic ring is 2. The molecule has 0 aliphatic heterocycles. The van der Waals surface area contributed by atoms with Gasteiger partial charge in [0.05, 0.1) is 0 Å². The lowest BCUT2D eigenvalue weighted by molar-refractivity contribution is -0.00733. The van der Waals surface area contributed by atoms with Crippen LogP contribution in [-0.2, 0) is 5.41 Å². The zero-order valence-corrected chi connectivity index (χ0v) is 10.5. The van der Waals surface area contributed by atoms with Crippen molar-refractivity contribution in [2.24, 2.45) is 17.8 Å². The van der Waals surface area contributed by atoms with Crippen LogP contribution in [0, 0.1) is 17.8 Å². The summed E-state index contributed by atoms with van der Waals surface area (Å²) < 4.78 is 0. The second-order valence-electron chi connectivity index (χ2n) is 6.60. The van der Waals surface area contributed by atoms with E-state index in [0.29, 0.717) is 5.82 Å². The van der Waals surface area contributed by atoms with Crippen molar-refractivity contribution in [2.45, 2.75) is 43.9 Å². The van der Waals surface area contributed by atoms with Gasteiger partial charge in [0, 0.05) is 5.41 Å². The van der Waals surface area contributed by atoms with E-state index in [1.807, 2.05) is 0 Å². The molecule has 1 aromatic rings. The Bertz CT molecular complexity index is 463. The van der Waals surface area contributed by atoms with Crippen molar-refractivity contribution in [3.05, 3.63) is 5.69 Å². The highest BCUT2D eigenvalue weighted by Gasteiger charge is 2.53. The monoisotopic (exact) mass is 245 g/mol. The smallest absolute Gasteiger partial charge is 0.242 e. The Morgan fingerprint density at radius 1 is 0.889 bits per heavy atom. The zero-order chi connectivity index (χ0) is 12.3. The van der Waals surface area contributed by atoms with Crippen LogP contribution in [-0.4, -0.2) is 15.2 Å². The molecule has 4 aliphatic carbocycles. The first-order valence-corrected chi connectivity index (χ1v) is 6.91. The molecule has 5 heteroatoms. The molecule has 0 atom stereocenters. The maximum absolute atomic E-state index is 6.05. The summed E-state index contributed by atoms with van der Waals surface area (Å²) in [6.07, 6.45) is 7.91. The highest BCUT2D eigenvalue weighted by molar-refractivity contribution is 5.43. The first kappa shape index (κ1) is 10.5. The maximum Gasteiger partial charge on any atom is 0.242 e. The number of rotatable bonds is 1. The first-order chi connectivity index (χ1) is 8.64. The molecule has 1 heterocycles. The third-order valence-corrected chi connectivity index (χ3v) is 5.27. The number of hydrogen-bond acceptors (Lipinski definition) is 5. The third-order valence-electron chi connectivity index (χ3n) is 5.27. The van der Waals surface area contributed by atoms with Gasteiger partial charge in [-0.2, -0.15) is 4.98 Å². The zero-order valence-electron chi connectivity index (χ0n) is 10.5. The van der Waals surface area contributed by atoms with Crippen LogP contribution in [0.15, 0.2) is 0 Å². The van der Waals surface area contributed by atoms with E-state index in [9.17, 15) is 0 Å². The van der Waals surface area contributed by atoms with Gasteiger partial charge in [-0.15, -0.1) is 10.2 Å². The van der Waals surface area contributed by atoms with Crippen molar-refractivity contribution in [2.75, 3.05) is 11.5 Å². The van der Waals surface area contributed by atoms with Crippen LogP contribution in [0.3, 0.4) is 0 Å².